The van der Waals surface area contributed by atoms with Gasteiger partial charge in [0.15, 0.2) is 22.9 Å². The molecule has 0 aromatic heterocycles. The molecule has 2 aliphatic rings. The molecule has 34 heavy (non-hydrogen) atoms. The van der Waals surface area contributed by atoms with Crippen molar-refractivity contribution in [1.82, 2.24) is 0 Å². The van der Waals surface area contributed by atoms with Crippen LogP contribution >= 0.6 is 11.6 Å². The topological polar surface area (TPSA) is 76.1 Å². The molecule has 0 radical (unpaired) electrons. The van der Waals surface area contributed by atoms with Crippen molar-refractivity contribution >= 4 is 35.1 Å². The number of ether oxygens (including phenoxy) is 2. The molecular weight excluding hydrogens is 454 g/mol. The largest absolute Gasteiger partial charge is 0.454 e. The highest BCUT2D eigenvalue weighted by Gasteiger charge is 2.50. The number of halogens is 1. The molecule has 0 saturated heterocycles. The Morgan fingerprint density at radius 3 is 2.65 bits per heavy atom. The normalized spacial score (nSPS) is 18.6. The first kappa shape index (κ1) is 22.2. The van der Waals surface area contributed by atoms with Gasteiger partial charge in [-0.15, -0.1) is 0 Å². The molecule has 3 aromatic carbocycles. The minimum atomic E-state index is -2.00. The minimum absolute atomic E-state index is 0.164. The lowest BCUT2D eigenvalue weighted by Gasteiger charge is -2.22. The number of rotatable bonds is 6. The van der Waals surface area contributed by atoms with Crippen LogP contribution < -0.4 is 14.4 Å². The number of carbonyl (C=O) groups is 2. The zero-order valence-electron chi connectivity index (χ0n) is 18.5. The summed E-state index contributed by atoms with van der Waals surface area (Å²) in [6.45, 7) is 2.43. The van der Waals surface area contributed by atoms with Crippen LogP contribution in [-0.2, 0) is 21.7 Å². The van der Waals surface area contributed by atoms with Crippen LogP contribution in [0.3, 0.4) is 0 Å². The summed E-state index contributed by atoms with van der Waals surface area (Å²) in [5, 5.41) is 11.9. The van der Waals surface area contributed by atoms with Gasteiger partial charge in [0.25, 0.3) is 5.91 Å². The van der Waals surface area contributed by atoms with E-state index in [0.717, 1.165) is 16.7 Å². The highest BCUT2D eigenvalue weighted by Crippen LogP contribution is 2.44. The number of aliphatic hydroxyl groups is 1. The van der Waals surface area contributed by atoms with Gasteiger partial charge in [0.05, 0.1) is 18.7 Å². The lowest BCUT2D eigenvalue weighted by atomic mass is 9.89. The van der Waals surface area contributed by atoms with E-state index in [4.69, 9.17) is 21.1 Å². The second kappa shape index (κ2) is 8.63. The van der Waals surface area contributed by atoms with Gasteiger partial charge in [-0.1, -0.05) is 53.6 Å². The smallest absolute Gasteiger partial charge is 0.264 e. The van der Waals surface area contributed by atoms with Crippen LogP contribution in [0.4, 0.5) is 5.69 Å². The zero-order chi connectivity index (χ0) is 23.9. The Hall–Kier alpha value is -3.61. The molecule has 172 valence electrons. The molecule has 7 heteroatoms. The van der Waals surface area contributed by atoms with Crippen LogP contribution in [0.25, 0.3) is 6.08 Å². The van der Waals surface area contributed by atoms with E-state index in [9.17, 15) is 14.7 Å². The van der Waals surface area contributed by atoms with Crippen LogP contribution in [-0.4, -0.2) is 23.6 Å². The van der Waals surface area contributed by atoms with E-state index in [0.29, 0.717) is 27.8 Å². The number of hydrogen-bond acceptors (Lipinski definition) is 5. The molecule has 0 spiro atoms. The maximum atomic E-state index is 13.4. The molecule has 0 saturated carbocycles. The molecule has 0 bridgehead atoms. The average molecular weight is 476 g/mol. The van der Waals surface area contributed by atoms with Crippen molar-refractivity contribution in [2.24, 2.45) is 0 Å². The first-order chi connectivity index (χ1) is 16.3. The van der Waals surface area contributed by atoms with Crippen LogP contribution in [0.1, 0.15) is 28.7 Å². The molecule has 2 heterocycles. The van der Waals surface area contributed by atoms with Gasteiger partial charge in [0.1, 0.15) is 0 Å². The number of allylic oxidation sites excluding steroid dienone is 1. The van der Waals surface area contributed by atoms with Crippen LogP contribution in [0, 0.1) is 6.92 Å². The first-order valence-corrected chi connectivity index (χ1v) is 11.2. The fraction of sp³-hybridized carbons (Fsp3) is 0.185. The molecule has 1 atom stereocenters. The Balaban J connectivity index is 1.40. The van der Waals surface area contributed by atoms with E-state index in [1.807, 2.05) is 31.2 Å². The van der Waals surface area contributed by atoms with Gasteiger partial charge in [-0.3, -0.25) is 9.59 Å². The molecule has 0 unspecified atom stereocenters. The summed E-state index contributed by atoms with van der Waals surface area (Å²) in [7, 11) is 0. The van der Waals surface area contributed by atoms with E-state index < -0.39 is 23.7 Å². The Bertz CT molecular complexity index is 1320. The van der Waals surface area contributed by atoms with Gasteiger partial charge in [0.2, 0.25) is 6.79 Å². The SMILES string of the molecule is Cc1ccc(CN2C(=O)[C@@](O)(CC(=O)/C=C\c3ccc4c(c3)OCO4)c3cc(Cl)ccc32)cc1. The molecule has 1 amide bonds. The van der Waals surface area contributed by atoms with Crippen LogP contribution in [0.5, 0.6) is 11.5 Å². The summed E-state index contributed by atoms with van der Waals surface area (Å²) in [5.41, 5.74) is 1.65. The number of aryl methyl sites for hydroxylation is 1. The number of hydrogen-bond donors (Lipinski definition) is 1. The quantitative estimate of drug-likeness (QED) is 0.519. The third-order valence-electron chi connectivity index (χ3n) is 6.04. The van der Waals surface area contributed by atoms with Gasteiger partial charge >= 0.3 is 0 Å². The highest BCUT2D eigenvalue weighted by molar-refractivity contribution is 6.31. The maximum absolute atomic E-state index is 13.4. The van der Waals surface area contributed by atoms with Crippen molar-refractivity contribution in [3.8, 4) is 11.5 Å². The molecule has 3 aromatic rings. The monoisotopic (exact) mass is 475 g/mol. The highest BCUT2D eigenvalue weighted by atomic mass is 35.5. The van der Waals surface area contributed by atoms with Crippen molar-refractivity contribution in [1.29, 1.82) is 0 Å². The Morgan fingerprint density at radius 2 is 1.85 bits per heavy atom. The third-order valence-corrected chi connectivity index (χ3v) is 6.28. The summed E-state index contributed by atoms with van der Waals surface area (Å²) < 4.78 is 10.7. The number of anilines is 1. The van der Waals surface area contributed by atoms with E-state index in [-0.39, 0.29) is 13.3 Å². The zero-order valence-corrected chi connectivity index (χ0v) is 19.2. The van der Waals surface area contributed by atoms with Gasteiger partial charge in [0, 0.05) is 10.6 Å². The molecule has 0 aliphatic carbocycles. The molecule has 1 N–H and O–H groups in total. The van der Waals surface area contributed by atoms with Crippen molar-refractivity contribution in [3.63, 3.8) is 0 Å². The fourth-order valence-electron chi connectivity index (χ4n) is 4.24. The summed E-state index contributed by atoms with van der Waals surface area (Å²) in [6, 6.07) is 18.1. The third kappa shape index (κ3) is 4.06. The second-order valence-corrected chi connectivity index (χ2v) is 8.92. The lowest BCUT2D eigenvalue weighted by molar-refractivity contribution is -0.140. The summed E-state index contributed by atoms with van der Waals surface area (Å²) >= 11 is 6.19. The van der Waals surface area contributed by atoms with E-state index >= 15 is 0 Å². The molecule has 0 fully saturated rings. The van der Waals surface area contributed by atoms with E-state index in [2.05, 4.69) is 0 Å². The summed E-state index contributed by atoms with van der Waals surface area (Å²) in [4.78, 5) is 27.8. The van der Waals surface area contributed by atoms with Gasteiger partial charge in [-0.05, 0) is 54.5 Å². The van der Waals surface area contributed by atoms with Gasteiger partial charge < -0.3 is 19.5 Å². The first-order valence-electron chi connectivity index (χ1n) is 10.8. The van der Waals surface area contributed by atoms with Crippen molar-refractivity contribution in [2.75, 3.05) is 11.7 Å². The number of fused-ring (bicyclic) bond motifs is 2. The number of nitrogens with zero attached hydrogens (tertiary/aromatic N) is 1. The Labute approximate surface area is 202 Å². The summed E-state index contributed by atoms with van der Waals surface area (Å²) in [6.07, 6.45) is 2.58. The molecular formula is C27H22ClNO5. The number of carbonyl (C=O) groups excluding carboxylic acids is 2. The number of amides is 1. The predicted molar refractivity (Wildman–Crippen MR) is 129 cm³/mol. The maximum Gasteiger partial charge on any atom is 0.264 e. The minimum Gasteiger partial charge on any atom is -0.454 e. The standard InChI is InChI=1S/C27H22ClNO5/c1-17-2-4-19(5-3-17)15-29-23-10-8-20(28)13-22(23)27(32,26(29)31)14-21(30)9-6-18-7-11-24-25(12-18)34-16-33-24/h2-13,32H,14-16H2,1H3/b9-6-/t27-/m1/s1. The molecule has 2 aliphatic heterocycles. The van der Waals surface area contributed by atoms with Crippen molar-refractivity contribution in [3.05, 3.63) is 94.0 Å². The Morgan fingerprint density at radius 1 is 1.09 bits per heavy atom. The number of ketones is 1. The number of benzene rings is 3. The van der Waals surface area contributed by atoms with Gasteiger partial charge in [-0.2, -0.15) is 0 Å². The van der Waals surface area contributed by atoms with Crippen LogP contribution in [0.15, 0.2) is 66.7 Å². The van der Waals surface area contributed by atoms with Crippen molar-refractivity contribution in [2.45, 2.75) is 25.5 Å². The molecule has 6 nitrogen and oxygen atoms in total. The fourth-order valence-corrected chi connectivity index (χ4v) is 4.42. The van der Waals surface area contributed by atoms with Crippen LogP contribution in [0.2, 0.25) is 5.02 Å². The van der Waals surface area contributed by atoms with Gasteiger partial charge in [-0.25, -0.2) is 0 Å². The van der Waals surface area contributed by atoms with E-state index in [1.165, 1.54) is 11.0 Å². The second-order valence-electron chi connectivity index (χ2n) is 8.49. The average Bonchev–Trinajstić information content (AvgIpc) is 3.36. The summed E-state index contributed by atoms with van der Waals surface area (Å²) in [5.74, 6) is 0.317. The predicted octanol–water partition coefficient (Wildman–Crippen LogP) is 4.78. The lowest BCUT2D eigenvalue weighted by Crippen LogP contribution is -2.41. The Kier molecular flexibility index (Phi) is 5.63. The van der Waals surface area contributed by atoms with E-state index in [1.54, 1.807) is 42.5 Å². The van der Waals surface area contributed by atoms with Crippen molar-refractivity contribution < 1.29 is 24.2 Å². The molecule has 5 rings (SSSR count).